The van der Waals surface area contributed by atoms with Gasteiger partial charge in [-0.1, -0.05) is 35.9 Å². The van der Waals surface area contributed by atoms with E-state index in [1.54, 1.807) is 6.07 Å². The zero-order chi connectivity index (χ0) is 18.5. The van der Waals surface area contributed by atoms with E-state index in [1.807, 2.05) is 36.1 Å². The minimum atomic E-state index is -0.628. The minimum Gasteiger partial charge on any atom is -0.359 e. The third-order valence-electron chi connectivity index (χ3n) is 5.06. The van der Waals surface area contributed by atoms with Crippen LogP contribution in [0.4, 0.5) is 17.2 Å². The van der Waals surface area contributed by atoms with Crippen molar-refractivity contribution in [3.63, 3.8) is 0 Å². The van der Waals surface area contributed by atoms with Gasteiger partial charge < -0.3 is 9.74 Å². The molecule has 5 nitrogen and oxygen atoms in total. The minimum absolute atomic E-state index is 0.0530. The van der Waals surface area contributed by atoms with Crippen LogP contribution < -0.4 is 9.80 Å². The molecule has 1 spiro atoms. The van der Waals surface area contributed by atoms with Crippen LogP contribution in [0.5, 0.6) is 0 Å². The summed E-state index contributed by atoms with van der Waals surface area (Å²) in [6, 6.07) is 9.59. The van der Waals surface area contributed by atoms with Crippen LogP contribution in [0.3, 0.4) is 0 Å². The lowest BCUT2D eigenvalue weighted by Gasteiger charge is -2.43. The van der Waals surface area contributed by atoms with E-state index in [9.17, 15) is 4.79 Å². The average Bonchev–Trinajstić information content (AvgIpc) is 2.83. The van der Waals surface area contributed by atoms with Crippen LogP contribution in [-0.4, -0.2) is 21.5 Å². The number of anilines is 2. The maximum absolute atomic E-state index is 13.3. The maximum Gasteiger partial charge on any atom is 0.288 e. The summed E-state index contributed by atoms with van der Waals surface area (Å²) in [7, 11) is 0. The van der Waals surface area contributed by atoms with Crippen LogP contribution in [0, 0.1) is 13.5 Å². The Kier molecular flexibility index (Phi) is 3.94. The lowest BCUT2D eigenvalue weighted by Crippen LogP contribution is -2.55. The summed E-state index contributed by atoms with van der Waals surface area (Å²) >= 11 is 11.8. The van der Waals surface area contributed by atoms with E-state index in [1.165, 1.54) is 11.1 Å². The van der Waals surface area contributed by atoms with Gasteiger partial charge in [0.1, 0.15) is 11.7 Å². The number of pyridine rings is 1. The first kappa shape index (κ1) is 17.0. The number of hydrogen-bond donors (Lipinski definition) is 0. The molecule has 4 rings (SSSR count). The zero-order valence-corrected chi connectivity index (χ0v) is 15.6. The van der Waals surface area contributed by atoms with Crippen molar-refractivity contribution >= 4 is 52.0 Å². The van der Waals surface area contributed by atoms with Crippen LogP contribution >= 0.6 is 23.8 Å². The summed E-state index contributed by atoms with van der Waals surface area (Å²) < 4.78 is 0. The van der Waals surface area contributed by atoms with Gasteiger partial charge in [0, 0.05) is 5.69 Å². The quantitative estimate of drug-likeness (QED) is 0.559. The van der Waals surface area contributed by atoms with Crippen molar-refractivity contribution < 1.29 is 4.79 Å². The normalized spacial score (nSPS) is 18.2. The predicted octanol–water partition coefficient (Wildman–Crippen LogP) is 4.66. The summed E-state index contributed by atoms with van der Waals surface area (Å²) in [5.41, 5.74) is 1.93. The van der Waals surface area contributed by atoms with Crippen LogP contribution in [0.15, 0.2) is 36.5 Å². The molecule has 0 radical (unpaired) electrons. The highest BCUT2D eigenvalue weighted by Crippen LogP contribution is 2.48. The van der Waals surface area contributed by atoms with Crippen LogP contribution in [0.2, 0.25) is 5.02 Å². The van der Waals surface area contributed by atoms with E-state index in [0.717, 1.165) is 30.5 Å². The van der Waals surface area contributed by atoms with Crippen molar-refractivity contribution in [2.75, 3.05) is 9.80 Å². The molecule has 0 unspecified atom stereocenters. The Morgan fingerprint density at radius 2 is 1.96 bits per heavy atom. The lowest BCUT2D eigenvalue weighted by atomic mass is 9.75. The number of nitrogens with zero attached hydrogens (tertiary/aromatic N) is 4. The molecule has 1 saturated heterocycles. The number of carbonyl (C=O) groups excluding carboxylic acids is 1. The van der Waals surface area contributed by atoms with Gasteiger partial charge >= 0.3 is 0 Å². The Bertz CT molecular complexity index is 962. The standard InChI is InChI=1S/C19H15ClN4OS/c1-12-4-6-13(7-5-12)24-18(26)23(17(25)19(24)8-3-9-19)14-10-15(20)16(21-2)22-11-14/h4-7,10-11H,3,8-9H2,1H3. The lowest BCUT2D eigenvalue weighted by molar-refractivity contribution is -0.123. The topological polar surface area (TPSA) is 40.8 Å². The molecule has 2 fully saturated rings. The van der Waals surface area contributed by atoms with E-state index in [2.05, 4.69) is 9.83 Å². The number of thiocarbonyl (C=S) groups is 1. The van der Waals surface area contributed by atoms with Crippen LogP contribution in [-0.2, 0) is 4.79 Å². The molecular weight excluding hydrogens is 368 g/mol. The molecule has 2 aromatic rings. The Morgan fingerprint density at radius 1 is 1.27 bits per heavy atom. The van der Waals surface area contributed by atoms with Crippen molar-refractivity contribution in [3.05, 3.63) is 58.5 Å². The van der Waals surface area contributed by atoms with Gasteiger partial charge in [-0.25, -0.2) is 0 Å². The fourth-order valence-corrected chi connectivity index (χ4v) is 4.20. The summed E-state index contributed by atoms with van der Waals surface area (Å²) in [4.78, 5) is 24.1. The molecule has 7 heteroatoms. The molecule has 26 heavy (non-hydrogen) atoms. The Hall–Kier alpha value is -2.49. The molecule has 1 aromatic carbocycles. The summed E-state index contributed by atoms with van der Waals surface area (Å²) in [5, 5.41) is 0.636. The smallest absolute Gasteiger partial charge is 0.288 e. The predicted molar refractivity (Wildman–Crippen MR) is 106 cm³/mol. The molecule has 1 aliphatic heterocycles. The number of aryl methyl sites for hydroxylation is 1. The number of carbonyl (C=O) groups is 1. The van der Waals surface area contributed by atoms with Crippen LogP contribution in [0.25, 0.3) is 4.85 Å². The Balaban J connectivity index is 1.80. The van der Waals surface area contributed by atoms with Gasteiger partial charge in [0.2, 0.25) is 0 Å². The second-order valence-electron chi connectivity index (χ2n) is 6.59. The van der Waals surface area contributed by atoms with Crippen molar-refractivity contribution in [1.82, 2.24) is 4.98 Å². The number of hydrogen-bond acceptors (Lipinski definition) is 3. The van der Waals surface area contributed by atoms with E-state index in [0.29, 0.717) is 10.8 Å². The highest BCUT2D eigenvalue weighted by Gasteiger charge is 2.59. The number of rotatable bonds is 2. The van der Waals surface area contributed by atoms with Crippen molar-refractivity contribution in [1.29, 1.82) is 0 Å². The van der Waals surface area contributed by atoms with Crippen molar-refractivity contribution in [2.24, 2.45) is 0 Å². The molecule has 1 amide bonds. The molecule has 0 N–H and O–H groups in total. The second-order valence-corrected chi connectivity index (χ2v) is 7.36. The monoisotopic (exact) mass is 382 g/mol. The SMILES string of the molecule is [C-]#[N+]c1ncc(N2C(=O)C3(CCC3)N(c3ccc(C)cc3)C2=S)cc1Cl. The first-order valence-electron chi connectivity index (χ1n) is 8.26. The van der Waals surface area contributed by atoms with E-state index in [-0.39, 0.29) is 16.7 Å². The van der Waals surface area contributed by atoms with Gasteiger partial charge in [0.05, 0.1) is 10.7 Å². The van der Waals surface area contributed by atoms with Gasteiger partial charge in [-0.05, 0) is 56.6 Å². The van der Waals surface area contributed by atoms with E-state index >= 15 is 0 Å². The van der Waals surface area contributed by atoms with Gasteiger partial charge in [-0.15, -0.1) is 4.98 Å². The molecule has 1 saturated carbocycles. The molecule has 2 aliphatic rings. The van der Waals surface area contributed by atoms with E-state index in [4.69, 9.17) is 30.4 Å². The average molecular weight is 383 g/mol. The third-order valence-corrected chi connectivity index (χ3v) is 5.70. The van der Waals surface area contributed by atoms with Crippen LogP contribution in [0.1, 0.15) is 24.8 Å². The van der Waals surface area contributed by atoms with Gasteiger partial charge in [-0.3, -0.25) is 9.69 Å². The first-order chi connectivity index (χ1) is 12.5. The number of benzene rings is 1. The molecule has 0 atom stereocenters. The molecule has 0 bridgehead atoms. The van der Waals surface area contributed by atoms with Gasteiger partial charge in [-0.2, -0.15) is 0 Å². The summed E-state index contributed by atoms with van der Waals surface area (Å²) in [6.07, 6.45) is 3.99. The number of amides is 1. The molecule has 130 valence electrons. The first-order valence-corrected chi connectivity index (χ1v) is 9.05. The summed E-state index contributed by atoms with van der Waals surface area (Å²) in [5.74, 6) is 0.0597. The zero-order valence-electron chi connectivity index (χ0n) is 14.1. The van der Waals surface area contributed by atoms with E-state index < -0.39 is 5.54 Å². The number of aromatic nitrogens is 1. The molecule has 1 aliphatic carbocycles. The largest absolute Gasteiger partial charge is 0.359 e. The Labute approximate surface area is 162 Å². The molecule has 2 heterocycles. The molecular formula is C19H15ClN4OS. The van der Waals surface area contributed by atoms with Crippen molar-refractivity contribution in [2.45, 2.75) is 31.7 Å². The Morgan fingerprint density at radius 3 is 2.50 bits per heavy atom. The van der Waals surface area contributed by atoms with Gasteiger partial charge in [0.25, 0.3) is 11.7 Å². The molecule has 1 aromatic heterocycles. The maximum atomic E-state index is 13.3. The van der Waals surface area contributed by atoms with Gasteiger partial charge in [0.15, 0.2) is 5.11 Å². The fourth-order valence-electron chi connectivity index (χ4n) is 3.53. The fraction of sp³-hybridized carbons (Fsp3) is 0.263. The van der Waals surface area contributed by atoms with Crippen molar-refractivity contribution in [3.8, 4) is 0 Å². The highest BCUT2D eigenvalue weighted by molar-refractivity contribution is 7.81. The third kappa shape index (κ3) is 2.32. The highest BCUT2D eigenvalue weighted by atomic mass is 35.5. The second kappa shape index (κ2) is 6.04. The summed E-state index contributed by atoms with van der Waals surface area (Å²) in [6.45, 7) is 9.09. The number of halogens is 1.